The van der Waals surface area contributed by atoms with Crippen molar-refractivity contribution in [3.05, 3.63) is 47.1 Å². The fourth-order valence-electron chi connectivity index (χ4n) is 1.88. The molecule has 9 heteroatoms. The first-order valence-electron chi connectivity index (χ1n) is 5.59. The highest BCUT2D eigenvalue weighted by Crippen LogP contribution is 2.34. The van der Waals surface area contributed by atoms with Crippen LogP contribution in [-0.4, -0.2) is 19.6 Å². The lowest BCUT2D eigenvalue weighted by molar-refractivity contribution is -0.139. The van der Waals surface area contributed by atoms with Crippen molar-refractivity contribution in [1.29, 1.82) is 0 Å². The molecule has 0 radical (unpaired) electrons. The minimum atomic E-state index is -4.80. The zero-order chi connectivity index (χ0) is 15.2. The fraction of sp³-hybridized carbons (Fsp3) is 0.0833. The summed E-state index contributed by atoms with van der Waals surface area (Å²) >= 11 is 5.94. The van der Waals surface area contributed by atoms with Crippen molar-refractivity contribution in [2.24, 2.45) is 0 Å². The zero-order valence-corrected chi connectivity index (χ0v) is 10.8. The van der Waals surface area contributed by atoms with Gasteiger partial charge in [0.2, 0.25) is 0 Å². The van der Waals surface area contributed by atoms with Gasteiger partial charge in [0.05, 0.1) is 18.0 Å². The number of aromatic nitrogens is 4. The van der Waals surface area contributed by atoms with Crippen molar-refractivity contribution in [1.82, 2.24) is 19.6 Å². The first kappa shape index (κ1) is 13.7. The van der Waals surface area contributed by atoms with Crippen molar-refractivity contribution in [3.8, 4) is 11.4 Å². The summed E-state index contributed by atoms with van der Waals surface area (Å²) in [5.41, 5.74) is -1.05. The number of nitrogens with zero attached hydrogens (tertiary/aromatic N) is 4. The third-order valence-electron chi connectivity index (χ3n) is 2.80. The van der Waals surface area contributed by atoms with Gasteiger partial charge >= 0.3 is 6.18 Å². The second kappa shape index (κ2) is 4.66. The maximum atomic E-state index is 13.3. The molecular formula is C12H5ClF4N4. The molecule has 21 heavy (non-hydrogen) atoms. The Morgan fingerprint density at radius 1 is 1.10 bits per heavy atom. The number of rotatable bonds is 1. The Hall–Kier alpha value is -2.22. The van der Waals surface area contributed by atoms with Crippen LogP contribution in [-0.2, 0) is 6.18 Å². The molecule has 0 unspecified atom stereocenters. The van der Waals surface area contributed by atoms with Gasteiger partial charge in [-0.1, -0.05) is 11.6 Å². The highest BCUT2D eigenvalue weighted by molar-refractivity contribution is 6.29. The second-order valence-electron chi connectivity index (χ2n) is 4.14. The molecule has 0 saturated heterocycles. The van der Waals surface area contributed by atoms with E-state index >= 15 is 0 Å². The van der Waals surface area contributed by atoms with Gasteiger partial charge in [-0.25, -0.2) is 4.39 Å². The molecule has 3 aromatic rings. The smallest absolute Gasteiger partial charge is 0.262 e. The maximum absolute atomic E-state index is 13.3. The van der Waals surface area contributed by atoms with Crippen molar-refractivity contribution >= 4 is 17.2 Å². The third kappa shape index (κ3) is 2.31. The molecule has 1 aromatic carbocycles. The molecule has 108 valence electrons. The topological polar surface area (TPSA) is 43.1 Å². The summed E-state index contributed by atoms with van der Waals surface area (Å²) in [5, 5.41) is 7.67. The quantitative estimate of drug-likeness (QED) is 0.644. The Bertz CT molecular complexity index is 828. The van der Waals surface area contributed by atoms with E-state index in [-0.39, 0.29) is 22.2 Å². The Labute approximate surface area is 120 Å². The number of alkyl halides is 3. The van der Waals surface area contributed by atoms with Crippen LogP contribution in [0.5, 0.6) is 0 Å². The molecule has 0 saturated carbocycles. The van der Waals surface area contributed by atoms with Crippen LogP contribution in [0.2, 0.25) is 5.15 Å². The molecule has 2 aromatic heterocycles. The van der Waals surface area contributed by atoms with E-state index in [1.165, 1.54) is 22.9 Å². The molecule has 0 bridgehead atoms. The van der Waals surface area contributed by atoms with Crippen LogP contribution in [0.4, 0.5) is 17.6 Å². The average molecular weight is 317 g/mol. The van der Waals surface area contributed by atoms with Gasteiger partial charge in [-0.15, -0.1) is 10.2 Å². The number of hydrogen-bond donors (Lipinski definition) is 0. The van der Waals surface area contributed by atoms with Crippen molar-refractivity contribution < 1.29 is 17.6 Å². The van der Waals surface area contributed by atoms with Gasteiger partial charge in [-0.2, -0.15) is 13.2 Å². The van der Waals surface area contributed by atoms with Gasteiger partial charge in [-0.3, -0.25) is 9.38 Å². The Balaban J connectivity index is 2.25. The van der Waals surface area contributed by atoms with Gasteiger partial charge < -0.3 is 0 Å². The van der Waals surface area contributed by atoms with E-state index < -0.39 is 17.6 Å². The Kier molecular flexibility index (Phi) is 3.05. The molecule has 0 N–H and O–H groups in total. The predicted molar refractivity (Wildman–Crippen MR) is 66.2 cm³/mol. The fourth-order valence-corrected chi connectivity index (χ4v) is 2.11. The molecule has 0 atom stereocenters. The molecule has 0 aliphatic rings. The molecule has 3 rings (SSSR count). The van der Waals surface area contributed by atoms with E-state index in [1.54, 1.807) is 0 Å². The summed E-state index contributed by atoms with van der Waals surface area (Å²) < 4.78 is 52.9. The van der Waals surface area contributed by atoms with Crippen molar-refractivity contribution in [2.45, 2.75) is 6.18 Å². The summed E-state index contributed by atoms with van der Waals surface area (Å²) in [6.45, 7) is 0. The summed E-state index contributed by atoms with van der Waals surface area (Å²) in [6, 6.07) is 2.58. The molecule has 2 heterocycles. The molecule has 0 aliphatic carbocycles. The third-order valence-corrected chi connectivity index (χ3v) is 3.07. The van der Waals surface area contributed by atoms with E-state index in [9.17, 15) is 17.6 Å². The van der Waals surface area contributed by atoms with Crippen LogP contribution >= 0.6 is 11.6 Å². The molecular weight excluding hydrogens is 312 g/mol. The lowest BCUT2D eigenvalue weighted by Gasteiger charge is -2.09. The summed E-state index contributed by atoms with van der Waals surface area (Å²) in [4.78, 5) is 3.80. The predicted octanol–water partition coefficient (Wildman–Crippen LogP) is 3.60. The second-order valence-corrected chi connectivity index (χ2v) is 4.53. The molecule has 0 aliphatic heterocycles. The maximum Gasteiger partial charge on any atom is 0.419 e. The number of benzene rings is 1. The van der Waals surface area contributed by atoms with Crippen LogP contribution in [0, 0.1) is 5.82 Å². The van der Waals surface area contributed by atoms with Crippen LogP contribution in [0.1, 0.15) is 5.56 Å². The van der Waals surface area contributed by atoms with Crippen LogP contribution < -0.4 is 0 Å². The van der Waals surface area contributed by atoms with Gasteiger partial charge in [-0.05, 0) is 18.2 Å². The van der Waals surface area contributed by atoms with Gasteiger partial charge in [0, 0.05) is 5.56 Å². The SMILES string of the molecule is Fc1ccc(-c2nnc3cncc(Cl)n23)cc1C(F)(F)F. The van der Waals surface area contributed by atoms with E-state index in [0.717, 1.165) is 6.07 Å². The standard InChI is InChI=1S/C12H5ClF4N4/c13-9-4-18-5-10-19-20-11(21(9)10)6-1-2-8(14)7(3-6)12(15,16)17/h1-5H. The monoisotopic (exact) mass is 316 g/mol. The van der Waals surface area contributed by atoms with E-state index in [0.29, 0.717) is 6.07 Å². The van der Waals surface area contributed by atoms with E-state index in [2.05, 4.69) is 15.2 Å². The highest BCUT2D eigenvalue weighted by atomic mass is 35.5. The molecule has 0 spiro atoms. The van der Waals surface area contributed by atoms with Crippen molar-refractivity contribution in [2.75, 3.05) is 0 Å². The summed E-state index contributed by atoms with van der Waals surface area (Å²) in [7, 11) is 0. The lowest BCUT2D eigenvalue weighted by Crippen LogP contribution is -2.08. The number of hydrogen-bond acceptors (Lipinski definition) is 3. The lowest BCUT2D eigenvalue weighted by atomic mass is 10.1. The summed E-state index contributed by atoms with van der Waals surface area (Å²) in [6.07, 6.45) is -2.14. The molecule has 0 fully saturated rings. The highest BCUT2D eigenvalue weighted by Gasteiger charge is 2.34. The van der Waals surface area contributed by atoms with Crippen LogP contribution in [0.3, 0.4) is 0 Å². The van der Waals surface area contributed by atoms with E-state index in [4.69, 9.17) is 11.6 Å². The number of halogens is 5. The van der Waals surface area contributed by atoms with Crippen molar-refractivity contribution in [3.63, 3.8) is 0 Å². The van der Waals surface area contributed by atoms with Gasteiger partial charge in [0.1, 0.15) is 11.0 Å². The minimum absolute atomic E-state index is 0.0457. The average Bonchev–Trinajstić information content (AvgIpc) is 2.83. The van der Waals surface area contributed by atoms with E-state index in [1.807, 2.05) is 0 Å². The van der Waals surface area contributed by atoms with Gasteiger partial charge in [0.15, 0.2) is 11.5 Å². The first-order chi connectivity index (χ1) is 9.88. The Morgan fingerprint density at radius 2 is 1.86 bits per heavy atom. The Morgan fingerprint density at radius 3 is 2.57 bits per heavy atom. The first-order valence-corrected chi connectivity index (χ1v) is 5.97. The molecule has 0 amide bonds. The van der Waals surface area contributed by atoms with Gasteiger partial charge in [0.25, 0.3) is 0 Å². The largest absolute Gasteiger partial charge is 0.419 e. The molecule has 4 nitrogen and oxygen atoms in total. The summed E-state index contributed by atoms with van der Waals surface area (Å²) in [5.74, 6) is -1.28. The van der Waals surface area contributed by atoms with Crippen LogP contribution in [0.15, 0.2) is 30.6 Å². The van der Waals surface area contributed by atoms with Crippen LogP contribution in [0.25, 0.3) is 17.0 Å². The zero-order valence-electron chi connectivity index (χ0n) is 10.1. The normalized spacial score (nSPS) is 12.0. The minimum Gasteiger partial charge on any atom is -0.262 e. The number of fused-ring (bicyclic) bond motifs is 1.